The first-order valence-electron chi connectivity index (χ1n) is 5.73. The number of thiophene rings is 1. The van der Waals surface area contributed by atoms with Gasteiger partial charge < -0.3 is 5.32 Å². The Morgan fingerprint density at radius 3 is 2.78 bits per heavy atom. The molecule has 0 unspecified atom stereocenters. The molecule has 1 rings (SSSR count). The van der Waals surface area contributed by atoms with Crippen LogP contribution in [-0.4, -0.2) is 34.0 Å². The van der Waals surface area contributed by atoms with E-state index >= 15 is 0 Å². The first kappa shape index (κ1) is 16.0. The summed E-state index contributed by atoms with van der Waals surface area (Å²) in [6.45, 7) is 2.92. The van der Waals surface area contributed by atoms with Crippen LogP contribution in [0.15, 0.2) is 10.3 Å². The fraction of sp³-hybridized carbons (Fsp3) is 0.636. The molecule has 18 heavy (non-hydrogen) atoms. The molecule has 0 radical (unpaired) electrons. The zero-order valence-corrected chi connectivity index (χ0v) is 13.4. The summed E-state index contributed by atoms with van der Waals surface area (Å²) in [5.41, 5.74) is 0.822. The minimum atomic E-state index is -3.37. The monoisotopic (exact) mass is 308 g/mol. The van der Waals surface area contributed by atoms with Crippen LogP contribution >= 0.6 is 23.1 Å². The van der Waals surface area contributed by atoms with Crippen molar-refractivity contribution >= 4 is 33.1 Å². The molecular formula is C11H20N2O2S3. The van der Waals surface area contributed by atoms with E-state index in [1.54, 1.807) is 11.8 Å². The van der Waals surface area contributed by atoms with Crippen LogP contribution in [-0.2, 0) is 16.6 Å². The van der Waals surface area contributed by atoms with Crippen LogP contribution in [0.2, 0.25) is 0 Å². The van der Waals surface area contributed by atoms with Gasteiger partial charge in [-0.2, -0.15) is 11.8 Å². The van der Waals surface area contributed by atoms with Gasteiger partial charge in [0, 0.05) is 18.0 Å². The van der Waals surface area contributed by atoms with E-state index in [4.69, 9.17) is 0 Å². The Morgan fingerprint density at radius 2 is 2.17 bits per heavy atom. The Kier molecular flexibility index (Phi) is 6.65. The van der Waals surface area contributed by atoms with Crippen molar-refractivity contribution in [1.29, 1.82) is 0 Å². The Labute approximate surface area is 118 Å². The lowest BCUT2D eigenvalue weighted by Gasteiger charge is -2.08. The molecule has 0 atom stereocenters. The molecule has 0 aliphatic heterocycles. The number of hydrogen-bond acceptors (Lipinski definition) is 5. The molecule has 0 spiro atoms. The molecular weight excluding hydrogens is 288 g/mol. The molecule has 1 heterocycles. The van der Waals surface area contributed by atoms with Gasteiger partial charge in [-0.05, 0) is 43.3 Å². The van der Waals surface area contributed by atoms with Crippen molar-refractivity contribution in [3.8, 4) is 0 Å². The van der Waals surface area contributed by atoms with E-state index in [0.717, 1.165) is 22.6 Å². The van der Waals surface area contributed by atoms with E-state index in [0.29, 0.717) is 18.0 Å². The highest BCUT2D eigenvalue weighted by molar-refractivity contribution is 7.98. The molecule has 0 aromatic carbocycles. The van der Waals surface area contributed by atoms with Gasteiger partial charge in [-0.25, -0.2) is 13.1 Å². The van der Waals surface area contributed by atoms with Crippen LogP contribution in [0, 0.1) is 6.92 Å². The van der Waals surface area contributed by atoms with Crippen LogP contribution in [0.25, 0.3) is 0 Å². The SMILES string of the molecule is CNCc1scc(C)c1S(=O)(=O)NCCCSC. The summed E-state index contributed by atoms with van der Waals surface area (Å²) >= 11 is 3.21. The van der Waals surface area contributed by atoms with E-state index in [2.05, 4.69) is 10.0 Å². The van der Waals surface area contributed by atoms with Crippen molar-refractivity contribution in [1.82, 2.24) is 10.0 Å². The minimum absolute atomic E-state index is 0.450. The Morgan fingerprint density at radius 1 is 1.44 bits per heavy atom. The number of aryl methyl sites for hydroxylation is 1. The zero-order chi connectivity index (χ0) is 13.6. The van der Waals surface area contributed by atoms with Gasteiger partial charge in [-0.1, -0.05) is 0 Å². The molecule has 104 valence electrons. The standard InChI is InChI=1S/C11H20N2O2S3/c1-9-8-17-10(7-12-2)11(9)18(14,15)13-5-4-6-16-3/h8,12-13H,4-7H2,1-3H3. The molecule has 4 nitrogen and oxygen atoms in total. The molecule has 0 bridgehead atoms. The molecule has 0 saturated heterocycles. The second-order valence-corrected chi connectivity index (χ2v) is 7.60. The van der Waals surface area contributed by atoms with Gasteiger partial charge in [0.25, 0.3) is 0 Å². The van der Waals surface area contributed by atoms with Gasteiger partial charge in [0.1, 0.15) is 4.90 Å². The fourth-order valence-electron chi connectivity index (χ4n) is 1.63. The van der Waals surface area contributed by atoms with Gasteiger partial charge in [-0.15, -0.1) is 11.3 Å². The first-order chi connectivity index (χ1) is 8.53. The molecule has 0 aliphatic carbocycles. The van der Waals surface area contributed by atoms with Gasteiger partial charge in [0.05, 0.1) is 0 Å². The quantitative estimate of drug-likeness (QED) is 0.719. The van der Waals surface area contributed by atoms with Gasteiger partial charge in [0.2, 0.25) is 10.0 Å². The number of thioether (sulfide) groups is 1. The smallest absolute Gasteiger partial charge is 0.241 e. The highest BCUT2D eigenvalue weighted by atomic mass is 32.2. The van der Waals surface area contributed by atoms with Crippen molar-refractivity contribution in [2.45, 2.75) is 24.8 Å². The van der Waals surface area contributed by atoms with Gasteiger partial charge >= 0.3 is 0 Å². The van der Waals surface area contributed by atoms with Crippen molar-refractivity contribution in [2.75, 3.05) is 25.6 Å². The lowest BCUT2D eigenvalue weighted by atomic mass is 10.3. The van der Waals surface area contributed by atoms with Crippen molar-refractivity contribution in [3.05, 3.63) is 15.8 Å². The molecule has 1 aromatic rings. The number of sulfonamides is 1. The first-order valence-corrected chi connectivity index (χ1v) is 9.48. The topological polar surface area (TPSA) is 58.2 Å². The normalized spacial score (nSPS) is 11.9. The molecule has 0 fully saturated rings. The highest BCUT2D eigenvalue weighted by Gasteiger charge is 2.21. The van der Waals surface area contributed by atoms with Crippen LogP contribution < -0.4 is 10.0 Å². The molecule has 2 N–H and O–H groups in total. The van der Waals surface area contributed by atoms with Crippen LogP contribution in [0.4, 0.5) is 0 Å². The maximum absolute atomic E-state index is 12.2. The van der Waals surface area contributed by atoms with Gasteiger partial charge in [-0.3, -0.25) is 0 Å². The molecule has 0 aliphatic rings. The van der Waals surface area contributed by atoms with E-state index in [1.807, 2.05) is 25.6 Å². The maximum Gasteiger partial charge on any atom is 0.241 e. The third-order valence-electron chi connectivity index (χ3n) is 2.41. The van der Waals surface area contributed by atoms with Crippen LogP contribution in [0.1, 0.15) is 16.9 Å². The number of nitrogens with one attached hydrogen (secondary N) is 2. The number of rotatable bonds is 8. The average molecular weight is 308 g/mol. The minimum Gasteiger partial charge on any atom is -0.315 e. The van der Waals surface area contributed by atoms with Crippen molar-refractivity contribution < 1.29 is 8.42 Å². The summed E-state index contributed by atoms with van der Waals surface area (Å²) in [5.74, 6) is 0.967. The summed E-state index contributed by atoms with van der Waals surface area (Å²) in [5, 5.41) is 4.89. The summed E-state index contributed by atoms with van der Waals surface area (Å²) < 4.78 is 27.1. The Hall–Kier alpha value is -0.0800. The van der Waals surface area contributed by atoms with E-state index in [-0.39, 0.29) is 0 Å². The molecule has 0 amide bonds. The average Bonchev–Trinajstić information content (AvgIpc) is 2.67. The summed E-state index contributed by atoms with van der Waals surface area (Å²) in [6, 6.07) is 0. The number of hydrogen-bond donors (Lipinski definition) is 2. The van der Waals surface area contributed by atoms with Gasteiger partial charge in [0.15, 0.2) is 0 Å². The highest BCUT2D eigenvalue weighted by Crippen LogP contribution is 2.26. The molecule has 0 saturated carbocycles. The fourth-order valence-corrected chi connectivity index (χ4v) is 4.95. The predicted octanol–water partition coefficient (Wildman–Crippen LogP) is 1.81. The predicted molar refractivity (Wildman–Crippen MR) is 80.0 cm³/mol. The van der Waals surface area contributed by atoms with Crippen molar-refractivity contribution in [3.63, 3.8) is 0 Å². The van der Waals surface area contributed by atoms with E-state index in [1.165, 1.54) is 11.3 Å². The van der Waals surface area contributed by atoms with E-state index in [9.17, 15) is 8.42 Å². The zero-order valence-electron chi connectivity index (χ0n) is 10.9. The van der Waals surface area contributed by atoms with E-state index < -0.39 is 10.0 Å². The lowest BCUT2D eigenvalue weighted by molar-refractivity contribution is 0.579. The molecule has 7 heteroatoms. The molecule has 1 aromatic heterocycles. The second-order valence-electron chi connectivity index (χ2n) is 3.95. The maximum atomic E-state index is 12.2. The second kappa shape index (κ2) is 7.49. The van der Waals surface area contributed by atoms with Crippen molar-refractivity contribution in [2.24, 2.45) is 0 Å². The summed E-state index contributed by atoms with van der Waals surface area (Å²) in [4.78, 5) is 1.32. The van der Waals surface area contributed by atoms with Crippen LogP contribution in [0.3, 0.4) is 0 Å². The third-order valence-corrected chi connectivity index (χ3v) is 6.03. The Balaban J connectivity index is 2.80. The Bertz CT molecular complexity index is 469. The summed E-state index contributed by atoms with van der Waals surface area (Å²) in [6.07, 6.45) is 2.87. The third kappa shape index (κ3) is 4.24. The lowest BCUT2D eigenvalue weighted by Crippen LogP contribution is -2.26. The largest absolute Gasteiger partial charge is 0.315 e. The summed E-state index contributed by atoms with van der Waals surface area (Å²) in [7, 11) is -1.55. The van der Waals surface area contributed by atoms with Crippen LogP contribution in [0.5, 0.6) is 0 Å².